The van der Waals surface area contributed by atoms with Crippen LogP contribution in [0.1, 0.15) is 11.1 Å². The number of rotatable bonds is 8. The average molecular weight is 746 g/mol. The quantitative estimate of drug-likeness (QED) is 0.115. The van der Waals surface area contributed by atoms with Crippen molar-refractivity contribution in [1.82, 2.24) is 9.97 Å². The molecule has 0 radical (unpaired) electrons. The highest BCUT2D eigenvalue weighted by Crippen LogP contribution is 2.44. The molecule has 8 aromatic carbocycles. The Labute approximate surface area is 335 Å². The second kappa shape index (κ2) is 14.8. The molecule has 0 saturated heterocycles. The molecule has 0 spiro atoms. The Morgan fingerprint density at radius 1 is 0.351 bits per heavy atom. The highest BCUT2D eigenvalue weighted by atomic mass is 28.3. The highest BCUT2D eigenvalue weighted by molar-refractivity contribution is 7.19. The van der Waals surface area contributed by atoms with E-state index in [1.54, 1.807) is 0 Å². The summed E-state index contributed by atoms with van der Waals surface area (Å²) in [6.07, 6.45) is 0.875. The number of aromatic nitrogens is 2. The smallest absolute Gasteiger partial charge is 0.179 e. The van der Waals surface area contributed by atoms with Crippen molar-refractivity contribution in [3.63, 3.8) is 0 Å². The summed E-state index contributed by atoms with van der Waals surface area (Å²) in [7, 11) is -2.78. The van der Waals surface area contributed by atoms with Crippen molar-refractivity contribution >= 4 is 46.0 Å². The first kappa shape index (κ1) is 34.4. The Morgan fingerprint density at radius 3 is 1.40 bits per heavy atom. The van der Waals surface area contributed by atoms with Gasteiger partial charge in [0.2, 0.25) is 0 Å². The first-order valence-electron chi connectivity index (χ1n) is 19.5. The van der Waals surface area contributed by atoms with Gasteiger partial charge in [-0.1, -0.05) is 200 Å². The number of anilines is 3. The molecule has 1 aromatic heterocycles. The summed E-state index contributed by atoms with van der Waals surface area (Å²) >= 11 is 0. The molecule has 9 aromatic rings. The van der Waals surface area contributed by atoms with Crippen LogP contribution in [0.25, 0.3) is 33.8 Å². The Kier molecular flexibility index (Phi) is 8.94. The van der Waals surface area contributed by atoms with Gasteiger partial charge in [-0.2, -0.15) is 0 Å². The van der Waals surface area contributed by atoms with E-state index in [2.05, 4.69) is 229 Å². The normalized spacial score (nSPS) is 12.1. The molecular formula is C53H39N3Si. The van der Waals surface area contributed by atoms with Crippen molar-refractivity contribution in [2.75, 3.05) is 4.90 Å². The van der Waals surface area contributed by atoms with Gasteiger partial charge in [-0.25, -0.2) is 9.97 Å². The maximum Gasteiger partial charge on any atom is 0.179 e. The number of hydrogen-bond acceptors (Lipinski definition) is 3. The molecule has 0 atom stereocenters. The van der Waals surface area contributed by atoms with E-state index in [0.717, 1.165) is 51.6 Å². The molecule has 0 amide bonds. The fourth-order valence-corrected chi connectivity index (χ4v) is 13.4. The lowest BCUT2D eigenvalue weighted by Gasteiger charge is -2.34. The summed E-state index contributed by atoms with van der Waals surface area (Å²) in [4.78, 5) is 13.2. The minimum Gasteiger partial charge on any atom is -0.294 e. The second-order valence-corrected chi connectivity index (χ2v) is 18.4. The molecule has 2 heterocycles. The lowest BCUT2D eigenvalue weighted by atomic mass is 9.95. The zero-order valence-corrected chi connectivity index (χ0v) is 32.4. The Morgan fingerprint density at radius 2 is 0.807 bits per heavy atom. The Bertz CT molecular complexity index is 2680. The molecule has 0 aliphatic carbocycles. The minimum absolute atomic E-state index is 0.684. The first-order chi connectivity index (χ1) is 28.3. The van der Waals surface area contributed by atoms with Crippen LogP contribution < -0.4 is 25.6 Å². The number of fused-ring (bicyclic) bond motifs is 2. The zero-order chi connectivity index (χ0) is 38.0. The highest BCUT2D eigenvalue weighted by Gasteiger charge is 2.41. The Balaban J connectivity index is 1.22. The van der Waals surface area contributed by atoms with Gasteiger partial charge < -0.3 is 0 Å². The molecule has 0 N–H and O–H groups in total. The molecule has 3 nitrogen and oxygen atoms in total. The fourth-order valence-electron chi connectivity index (χ4n) is 8.61. The third-order valence-corrected chi connectivity index (χ3v) is 16.0. The van der Waals surface area contributed by atoms with Gasteiger partial charge in [0.1, 0.15) is 5.82 Å². The van der Waals surface area contributed by atoms with Gasteiger partial charge in [0, 0.05) is 23.6 Å². The van der Waals surface area contributed by atoms with Gasteiger partial charge in [0.05, 0.1) is 17.1 Å². The lowest BCUT2D eigenvalue weighted by Crippen LogP contribution is -2.74. The van der Waals surface area contributed by atoms with Crippen molar-refractivity contribution in [1.29, 1.82) is 0 Å². The van der Waals surface area contributed by atoms with Crippen LogP contribution in [0.3, 0.4) is 0 Å². The zero-order valence-electron chi connectivity index (χ0n) is 31.4. The molecule has 1 aliphatic rings. The van der Waals surface area contributed by atoms with Crippen LogP contribution >= 0.6 is 0 Å². The molecule has 57 heavy (non-hydrogen) atoms. The van der Waals surface area contributed by atoms with E-state index >= 15 is 0 Å². The van der Waals surface area contributed by atoms with Gasteiger partial charge in [0.15, 0.2) is 13.9 Å². The summed E-state index contributed by atoms with van der Waals surface area (Å²) in [5, 5.41) is 5.30. The fraction of sp³-hybridized carbons (Fsp3) is 0.0189. The van der Waals surface area contributed by atoms with Gasteiger partial charge in [-0.05, 0) is 61.2 Å². The maximum absolute atomic E-state index is 5.43. The summed E-state index contributed by atoms with van der Waals surface area (Å²) in [5.41, 5.74) is 10.0. The van der Waals surface area contributed by atoms with Crippen LogP contribution in [-0.2, 0) is 6.42 Å². The molecule has 0 unspecified atom stereocenters. The van der Waals surface area contributed by atoms with E-state index in [9.17, 15) is 0 Å². The van der Waals surface area contributed by atoms with E-state index < -0.39 is 8.07 Å². The van der Waals surface area contributed by atoms with Crippen LogP contribution in [0.4, 0.5) is 17.2 Å². The third kappa shape index (κ3) is 6.26. The molecule has 0 fully saturated rings. The van der Waals surface area contributed by atoms with Crippen LogP contribution in [-0.4, -0.2) is 18.0 Å². The molecule has 270 valence electrons. The number of nitrogens with zero attached hydrogens (tertiary/aromatic N) is 3. The number of hydrogen-bond donors (Lipinski definition) is 0. The SMILES string of the molecule is c1ccc(-c2cccc(-c3nc(-c4cccc([Si](c5ccccc5)(c5ccccc5)c5ccccc5)c4)cc(N4c5ccccc5Cc5ccccc54)n3)c2)cc1. The van der Waals surface area contributed by atoms with Crippen LogP contribution in [0.2, 0.25) is 0 Å². The van der Waals surface area contributed by atoms with Crippen LogP contribution in [0, 0.1) is 0 Å². The molecule has 10 rings (SSSR count). The summed E-state index contributed by atoms with van der Waals surface area (Å²) in [6, 6.07) is 81.1. The van der Waals surface area contributed by atoms with Crippen molar-refractivity contribution in [2.45, 2.75) is 6.42 Å². The molecule has 1 aliphatic heterocycles. The summed E-state index contributed by atoms with van der Waals surface area (Å²) < 4.78 is 0. The second-order valence-electron chi connectivity index (χ2n) is 14.6. The molecule has 0 saturated carbocycles. The standard InChI is InChI=1S/C53H39N3Si/c1-5-19-39(20-6-1)40-23-17-25-44(35-40)53-54-49(38-52(55-53)56-50-33-15-13-21-42(50)36-43-22-14-16-34-51(43)56)41-24-18-32-48(37-41)57(45-26-7-2-8-27-45,46-28-9-3-10-29-46)47-30-11-4-12-31-47/h1-35,37-38H,36H2. The average Bonchev–Trinajstić information content (AvgIpc) is 3.30. The predicted octanol–water partition coefficient (Wildman–Crippen LogP) is 10.2. The predicted molar refractivity (Wildman–Crippen MR) is 239 cm³/mol. The summed E-state index contributed by atoms with van der Waals surface area (Å²) in [5.74, 6) is 1.52. The number of benzene rings is 8. The topological polar surface area (TPSA) is 29.0 Å². The van der Waals surface area contributed by atoms with Gasteiger partial charge >= 0.3 is 0 Å². The largest absolute Gasteiger partial charge is 0.294 e. The van der Waals surface area contributed by atoms with Crippen LogP contribution in [0.5, 0.6) is 0 Å². The monoisotopic (exact) mass is 745 g/mol. The molecule has 0 bridgehead atoms. The van der Waals surface area contributed by atoms with Crippen LogP contribution in [0.15, 0.2) is 224 Å². The lowest BCUT2D eigenvalue weighted by molar-refractivity contribution is 1.05. The van der Waals surface area contributed by atoms with Crippen molar-refractivity contribution in [2.24, 2.45) is 0 Å². The van der Waals surface area contributed by atoms with Gasteiger partial charge in [-0.3, -0.25) is 4.90 Å². The third-order valence-electron chi connectivity index (χ3n) is 11.2. The van der Waals surface area contributed by atoms with Gasteiger partial charge in [0.25, 0.3) is 0 Å². The van der Waals surface area contributed by atoms with E-state index in [1.807, 2.05) is 0 Å². The summed E-state index contributed by atoms with van der Waals surface area (Å²) in [6.45, 7) is 0. The van der Waals surface area contributed by atoms with Crippen molar-refractivity contribution in [3.8, 4) is 33.8 Å². The first-order valence-corrected chi connectivity index (χ1v) is 21.5. The maximum atomic E-state index is 5.43. The van der Waals surface area contributed by atoms with Gasteiger partial charge in [-0.15, -0.1) is 0 Å². The minimum atomic E-state index is -2.78. The number of para-hydroxylation sites is 2. The van der Waals surface area contributed by atoms with Crippen molar-refractivity contribution in [3.05, 3.63) is 236 Å². The Hall–Kier alpha value is -7.14. The molecular weight excluding hydrogens is 707 g/mol. The van der Waals surface area contributed by atoms with E-state index in [0.29, 0.717) is 5.82 Å². The van der Waals surface area contributed by atoms with E-state index in [-0.39, 0.29) is 0 Å². The van der Waals surface area contributed by atoms with E-state index in [4.69, 9.17) is 9.97 Å². The van der Waals surface area contributed by atoms with E-state index in [1.165, 1.54) is 31.9 Å². The van der Waals surface area contributed by atoms with Crippen molar-refractivity contribution < 1.29 is 0 Å². The molecule has 4 heteroatoms.